The molecule has 1 aliphatic heterocycles. The molecule has 1 aromatic rings. The Hall–Kier alpha value is -1.59. The number of nitrogens with one attached hydrogen (secondary N) is 1. The van der Waals surface area contributed by atoms with Crippen LogP contribution in [-0.4, -0.2) is 48.6 Å². The molecule has 150 valence electrons. The van der Waals surface area contributed by atoms with Crippen molar-refractivity contribution in [3.05, 3.63) is 28.3 Å². The predicted octanol–water partition coefficient (Wildman–Crippen LogP) is 4.56. The Bertz CT molecular complexity index is 682. The molecule has 0 radical (unpaired) electrons. The SMILES string of the molecule is CCOC(=O)c1cc(Cl)cc(C)c1NC(=O)C(C)[N+]1(CC)CCCCCC1. The average Bonchev–Trinajstić information content (AvgIpc) is 2.89. The van der Waals surface area contributed by atoms with Crippen molar-refractivity contribution in [1.82, 2.24) is 0 Å². The number of esters is 1. The molecule has 1 N–H and O–H groups in total. The van der Waals surface area contributed by atoms with Crippen LogP contribution in [0, 0.1) is 6.92 Å². The highest BCUT2D eigenvalue weighted by atomic mass is 35.5. The fraction of sp³-hybridized carbons (Fsp3) is 0.619. The molecule has 1 saturated heterocycles. The lowest BCUT2D eigenvalue weighted by Gasteiger charge is -2.41. The Morgan fingerprint density at radius 1 is 1.19 bits per heavy atom. The Labute approximate surface area is 167 Å². The van der Waals surface area contributed by atoms with Gasteiger partial charge in [-0.3, -0.25) is 4.79 Å². The summed E-state index contributed by atoms with van der Waals surface area (Å²) < 4.78 is 5.94. The molecule has 1 aromatic carbocycles. The molecule has 27 heavy (non-hydrogen) atoms. The lowest BCUT2D eigenvalue weighted by Crippen LogP contribution is -2.59. The predicted molar refractivity (Wildman–Crippen MR) is 109 cm³/mol. The number of quaternary nitrogens is 1. The van der Waals surface area contributed by atoms with Crippen LogP contribution in [0.3, 0.4) is 0 Å². The van der Waals surface area contributed by atoms with E-state index in [-0.39, 0.29) is 18.6 Å². The first-order valence-electron chi connectivity index (χ1n) is 9.98. The molecular weight excluding hydrogens is 364 g/mol. The summed E-state index contributed by atoms with van der Waals surface area (Å²) in [5.41, 5.74) is 1.56. The van der Waals surface area contributed by atoms with Crippen molar-refractivity contribution in [3.8, 4) is 0 Å². The van der Waals surface area contributed by atoms with E-state index in [0.29, 0.717) is 16.3 Å². The second-order valence-corrected chi connectivity index (χ2v) is 7.86. The summed E-state index contributed by atoms with van der Waals surface area (Å²) in [6.07, 6.45) is 4.77. The Balaban J connectivity index is 2.29. The number of benzene rings is 1. The summed E-state index contributed by atoms with van der Waals surface area (Å²) in [6.45, 7) is 11.0. The minimum absolute atomic E-state index is 0.0604. The van der Waals surface area contributed by atoms with Crippen LogP contribution in [0.15, 0.2) is 12.1 Å². The third kappa shape index (κ3) is 5.02. The van der Waals surface area contributed by atoms with Crippen LogP contribution in [0.1, 0.15) is 62.4 Å². The lowest BCUT2D eigenvalue weighted by molar-refractivity contribution is -0.938. The minimum Gasteiger partial charge on any atom is -0.462 e. The highest BCUT2D eigenvalue weighted by Crippen LogP contribution is 2.28. The van der Waals surface area contributed by atoms with Gasteiger partial charge >= 0.3 is 5.97 Å². The van der Waals surface area contributed by atoms with E-state index in [0.717, 1.165) is 42.5 Å². The quantitative estimate of drug-likeness (QED) is 0.567. The van der Waals surface area contributed by atoms with Crippen LogP contribution in [0.5, 0.6) is 0 Å². The van der Waals surface area contributed by atoms with Gasteiger partial charge in [0.05, 0.1) is 37.5 Å². The number of nitrogens with zero attached hydrogens (tertiary/aromatic N) is 1. The molecule has 1 fully saturated rings. The van der Waals surface area contributed by atoms with Gasteiger partial charge < -0.3 is 14.5 Å². The van der Waals surface area contributed by atoms with Gasteiger partial charge in [-0.25, -0.2) is 4.79 Å². The number of carbonyl (C=O) groups is 2. The number of likely N-dealkylation sites (N-methyl/N-ethyl adjacent to an activating group) is 1. The zero-order chi connectivity index (χ0) is 20.0. The van der Waals surface area contributed by atoms with Crippen LogP contribution >= 0.6 is 11.6 Å². The zero-order valence-electron chi connectivity index (χ0n) is 16.9. The number of aryl methyl sites for hydroxylation is 1. The first kappa shape index (κ1) is 21.7. The van der Waals surface area contributed by atoms with Gasteiger partial charge in [0.2, 0.25) is 0 Å². The standard InChI is InChI=1S/C21H31ClN2O3/c1-5-24(11-9-7-8-10-12-24)16(4)20(25)23-19-15(3)13-17(22)14-18(19)21(26)27-6-2/h13-14,16H,5-12H2,1-4H3/p+1. The summed E-state index contributed by atoms with van der Waals surface area (Å²) in [5, 5.41) is 3.46. The Morgan fingerprint density at radius 2 is 1.81 bits per heavy atom. The molecular formula is C21H32ClN2O3+. The fourth-order valence-electron chi connectivity index (χ4n) is 4.05. The molecule has 1 heterocycles. The van der Waals surface area contributed by atoms with Crippen LogP contribution in [0.2, 0.25) is 5.02 Å². The third-order valence-electron chi connectivity index (χ3n) is 5.83. The summed E-state index contributed by atoms with van der Waals surface area (Å²) in [5.74, 6) is -0.532. The first-order valence-corrected chi connectivity index (χ1v) is 10.4. The van der Waals surface area contributed by atoms with Crippen molar-refractivity contribution in [2.45, 2.75) is 59.4 Å². The Kier molecular flexibility index (Phi) is 7.68. The van der Waals surface area contributed by atoms with Gasteiger partial charge in [-0.15, -0.1) is 0 Å². The van der Waals surface area contributed by atoms with Crippen molar-refractivity contribution < 1.29 is 18.8 Å². The van der Waals surface area contributed by atoms with Crippen LogP contribution in [0.4, 0.5) is 5.69 Å². The topological polar surface area (TPSA) is 55.4 Å². The van der Waals surface area contributed by atoms with E-state index < -0.39 is 5.97 Å². The molecule has 0 bridgehead atoms. The summed E-state index contributed by atoms with van der Waals surface area (Å²) in [6, 6.07) is 3.13. The number of hydrogen-bond donors (Lipinski definition) is 1. The summed E-state index contributed by atoms with van der Waals surface area (Å²) in [4.78, 5) is 25.5. The van der Waals surface area contributed by atoms with Gasteiger partial charge in [0.1, 0.15) is 0 Å². The van der Waals surface area contributed by atoms with Gasteiger partial charge in [0, 0.05) is 5.02 Å². The van der Waals surface area contributed by atoms with Crippen LogP contribution in [-0.2, 0) is 9.53 Å². The third-order valence-corrected chi connectivity index (χ3v) is 6.05. The number of anilines is 1. The minimum atomic E-state index is -0.472. The first-order chi connectivity index (χ1) is 12.8. The number of ether oxygens (including phenoxy) is 1. The van der Waals surface area contributed by atoms with Crippen molar-refractivity contribution in [2.75, 3.05) is 31.6 Å². The maximum atomic E-state index is 13.1. The summed E-state index contributed by atoms with van der Waals surface area (Å²) in [7, 11) is 0. The molecule has 0 aromatic heterocycles. The van der Waals surface area contributed by atoms with Crippen LogP contribution < -0.4 is 5.32 Å². The number of halogens is 1. The molecule has 1 atom stereocenters. The van der Waals surface area contributed by atoms with E-state index in [1.807, 2.05) is 13.8 Å². The molecule has 2 rings (SSSR count). The van der Waals surface area contributed by atoms with Gasteiger partial charge in [0.25, 0.3) is 5.91 Å². The molecule has 1 amide bonds. The maximum absolute atomic E-state index is 13.1. The van der Waals surface area contributed by atoms with Gasteiger partial charge in [0.15, 0.2) is 6.04 Å². The van der Waals surface area contributed by atoms with Crippen molar-refractivity contribution >= 4 is 29.2 Å². The smallest absolute Gasteiger partial charge is 0.340 e. The van der Waals surface area contributed by atoms with Gasteiger partial charge in [-0.05, 0) is 71.1 Å². The van der Waals surface area contributed by atoms with E-state index in [4.69, 9.17) is 16.3 Å². The maximum Gasteiger partial charge on any atom is 0.340 e. The number of carbonyl (C=O) groups excluding carboxylic acids is 2. The van der Waals surface area contributed by atoms with Crippen molar-refractivity contribution in [1.29, 1.82) is 0 Å². The van der Waals surface area contributed by atoms with Gasteiger partial charge in [-0.2, -0.15) is 0 Å². The fourth-order valence-corrected chi connectivity index (χ4v) is 4.32. The number of rotatable bonds is 6. The normalized spacial score (nSPS) is 17.7. The largest absolute Gasteiger partial charge is 0.462 e. The molecule has 0 aliphatic carbocycles. The molecule has 0 saturated carbocycles. The highest BCUT2D eigenvalue weighted by Gasteiger charge is 2.38. The molecule has 0 spiro atoms. The summed E-state index contributed by atoms with van der Waals surface area (Å²) >= 11 is 6.13. The van der Waals surface area contributed by atoms with Crippen LogP contribution in [0.25, 0.3) is 0 Å². The van der Waals surface area contributed by atoms with E-state index in [1.165, 1.54) is 12.8 Å². The number of likely N-dealkylation sites (tertiary alicyclic amines) is 1. The molecule has 5 nitrogen and oxygen atoms in total. The highest BCUT2D eigenvalue weighted by molar-refractivity contribution is 6.31. The lowest BCUT2D eigenvalue weighted by atomic mass is 10.1. The van der Waals surface area contributed by atoms with E-state index in [9.17, 15) is 9.59 Å². The number of amides is 1. The molecule has 1 unspecified atom stereocenters. The van der Waals surface area contributed by atoms with E-state index >= 15 is 0 Å². The van der Waals surface area contributed by atoms with E-state index in [2.05, 4.69) is 12.2 Å². The molecule has 6 heteroatoms. The second kappa shape index (κ2) is 9.56. The van der Waals surface area contributed by atoms with Gasteiger partial charge in [-0.1, -0.05) is 11.6 Å². The Morgan fingerprint density at radius 3 is 2.37 bits per heavy atom. The van der Waals surface area contributed by atoms with Crippen molar-refractivity contribution in [3.63, 3.8) is 0 Å². The zero-order valence-corrected chi connectivity index (χ0v) is 17.7. The molecule has 1 aliphatic rings. The van der Waals surface area contributed by atoms with E-state index in [1.54, 1.807) is 19.1 Å². The number of hydrogen-bond acceptors (Lipinski definition) is 3. The van der Waals surface area contributed by atoms with Crippen molar-refractivity contribution in [2.24, 2.45) is 0 Å². The monoisotopic (exact) mass is 395 g/mol. The second-order valence-electron chi connectivity index (χ2n) is 7.43. The average molecular weight is 396 g/mol.